The number of nitrogens with one attached hydrogen (secondary N) is 1. The Bertz CT molecular complexity index is 1230. The number of hydrogen-bond acceptors (Lipinski definition) is 7. The van der Waals surface area contributed by atoms with Gasteiger partial charge in [0.05, 0.1) is 11.9 Å². The van der Waals surface area contributed by atoms with Crippen molar-refractivity contribution in [2.45, 2.75) is 38.6 Å². The van der Waals surface area contributed by atoms with Crippen LogP contribution in [0.2, 0.25) is 0 Å². The summed E-state index contributed by atoms with van der Waals surface area (Å²) in [5, 5.41) is 8.67. The number of ether oxygens (including phenoxy) is 1. The van der Waals surface area contributed by atoms with Gasteiger partial charge in [-0.25, -0.2) is 14.6 Å². The summed E-state index contributed by atoms with van der Waals surface area (Å²) in [6.07, 6.45) is 7.63. The lowest BCUT2D eigenvalue weighted by molar-refractivity contribution is 0.0853. The molecule has 8 nitrogen and oxygen atoms in total. The van der Waals surface area contributed by atoms with E-state index in [-0.39, 0.29) is 6.04 Å². The molecule has 1 saturated heterocycles. The van der Waals surface area contributed by atoms with Crippen molar-refractivity contribution >= 4 is 28.4 Å². The Morgan fingerprint density at radius 1 is 1.03 bits per heavy atom. The van der Waals surface area contributed by atoms with E-state index in [1.165, 1.54) is 5.56 Å². The molecule has 0 spiro atoms. The first kappa shape index (κ1) is 20.4. The van der Waals surface area contributed by atoms with Crippen molar-refractivity contribution in [3.63, 3.8) is 0 Å². The van der Waals surface area contributed by atoms with Crippen LogP contribution in [0.15, 0.2) is 48.9 Å². The summed E-state index contributed by atoms with van der Waals surface area (Å²) < 4.78 is 7.36. The van der Waals surface area contributed by atoms with Crippen LogP contribution in [-0.2, 0) is 4.74 Å². The van der Waals surface area contributed by atoms with E-state index in [0.29, 0.717) is 23.2 Å². The second-order valence-corrected chi connectivity index (χ2v) is 8.44. The molecule has 1 fully saturated rings. The molecule has 0 radical (unpaired) electrons. The lowest BCUT2D eigenvalue weighted by atomic mass is 9.93. The van der Waals surface area contributed by atoms with Gasteiger partial charge in [0, 0.05) is 54.4 Å². The van der Waals surface area contributed by atoms with E-state index in [1.807, 2.05) is 41.3 Å². The molecule has 32 heavy (non-hydrogen) atoms. The molecule has 0 saturated carbocycles. The summed E-state index contributed by atoms with van der Waals surface area (Å²) in [5.74, 6) is 1.84. The number of rotatable bonds is 5. The maximum atomic E-state index is 6.35. The second-order valence-electron chi connectivity index (χ2n) is 8.44. The topological polar surface area (TPSA) is 104 Å². The predicted molar refractivity (Wildman–Crippen MR) is 126 cm³/mol. The van der Waals surface area contributed by atoms with Crippen molar-refractivity contribution in [1.82, 2.24) is 24.7 Å². The molecule has 0 aliphatic carbocycles. The van der Waals surface area contributed by atoms with E-state index in [0.717, 1.165) is 48.3 Å². The second kappa shape index (κ2) is 8.55. The Labute approximate surface area is 186 Å². The third kappa shape index (κ3) is 4.01. The fourth-order valence-corrected chi connectivity index (χ4v) is 4.09. The number of anilines is 3. The summed E-state index contributed by atoms with van der Waals surface area (Å²) in [4.78, 5) is 13.9. The number of fused-ring (bicyclic) bond motifs is 1. The fraction of sp³-hybridized carbons (Fsp3) is 0.333. The van der Waals surface area contributed by atoms with Crippen LogP contribution in [0.3, 0.4) is 0 Å². The zero-order valence-electron chi connectivity index (χ0n) is 18.3. The largest absolute Gasteiger partial charge is 0.398 e. The van der Waals surface area contributed by atoms with Crippen molar-refractivity contribution in [3.05, 3.63) is 54.5 Å². The van der Waals surface area contributed by atoms with Gasteiger partial charge < -0.3 is 15.8 Å². The zero-order chi connectivity index (χ0) is 22.1. The van der Waals surface area contributed by atoms with E-state index < -0.39 is 0 Å². The molecule has 0 atom stereocenters. The molecular formula is C24H27N7O. The minimum Gasteiger partial charge on any atom is -0.398 e. The monoisotopic (exact) mass is 429 g/mol. The Morgan fingerprint density at radius 2 is 1.88 bits per heavy atom. The van der Waals surface area contributed by atoms with Gasteiger partial charge in [0.25, 0.3) is 0 Å². The average Bonchev–Trinajstić information content (AvgIpc) is 3.24. The van der Waals surface area contributed by atoms with E-state index in [9.17, 15) is 0 Å². The molecule has 3 N–H and O–H groups in total. The van der Waals surface area contributed by atoms with E-state index >= 15 is 0 Å². The molecule has 4 aromatic rings. The van der Waals surface area contributed by atoms with Crippen molar-refractivity contribution in [2.75, 3.05) is 24.3 Å². The maximum absolute atomic E-state index is 6.35. The van der Waals surface area contributed by atoms with E-state index in [1.54, 1.807) is 6.20 Å². The van der Waals surface area contributed by atoms with E-state index in [4.69, 9.17) is 15.5 Å². The van der Waals surface area contributed by atoms with Gasteiger partial charge in [-0.05, 0) is 56.4 Å². The average molecular weight is 430 g/mol. The molecular weight excluding hydrogens is 402 g/mol. The Morgan fingerprint density at radius 3 is 2.59 bits per heavy atom. The molecule has 4 aromatic heterocycles. The van der Waals surface area contributed by atoms with E-state index in [2.05, 4.69) is 40.3 Å². The maximum Gasteiger partial charge on any atom is 0.160 e. The van der Waals surface area contributed by atoms with Gasteiger partial charge in [-0.3, -0.25) is 4.98 Å². The quantitative estimate of drug-likeness (QED) is 0.474. The third-order valence-corrected chi connectivity index (χ3v) is 5.88. The van der Waals surface area contributed by atoms with Crippen LogP contribution in [0.25, 0.3) is 22.3 Å². The number of pyridine rings is 3. The molecule has 8 heteroatoms. The molecule has 1 aliphatic heterocycles. The first-order valence-corrected chi connectivity index (χ1v) is 11.0. The summed E-state index contributed by atoms with van der Waals surface area (Å²) in [6.45, 7) is 5.80. The van der Waals surface area contributed by atoms with Crippen LogP contribution in [0.4, 0.5) is 17.3 Å². The smallest absolute Gasteiger partial charge is 0.160 e. The van der Waals surface area contributed by atoms with Gasteiger partial charge in [-0.15, -0.1) is 0 Å². The minimum absolute atomic E-state index is 0.230. The van der Waals surface area contributed by atoms with Gasteiger partial charge in [0.1, 0.15) is 11.6 Å². The summed E-state index contributed by atoms with van der Waals surface area (Å²) in [6, 6.07) is 10.1. The number of nitrogen functional groups attached to an aromatic ring is 1. The molecule has 0 bridgehead atoms. The number of aromatic nitrogens is 5. The van der Waals surface area contributed by atoms with Crippen LogP contribution in [0, 0.1) is 0 Å². The Hall–Kier alpha value is -3.52. The summed E-state index contributed by atoms with van der Waals surface area (Å²) >= 11 is 0. The van der Waals surface area contributed by atoms with Gasteiger partial charge >= 0.3 is 0 Å². The molecule has 1 aliphatic rings. The number of nitrogens with two attached hydrogens (primary N) is 1. The Kier molecular flexibility index (Phi) is 5.45. The van der Waals surface area contributed by atoms with Gasteiger partial charge in [0.15, 0.2) is 5.65 Å². The zero-order valence-corrected chi connectivity index (χ0v) is 18.3. The third-order valence-electron chi connectivity index (χ3n) is 5.88. The van der Waals surface area contributed by atoms with Crippen LogP contribution in [0.5, 0.6) is 0 Å². The first-order valence-electron chi connectivity index (χ1n) is 11.0. The SMILES string of the molecule is CC(C)n1ncc2ccc(Nc3cc(N)c(-c4ccc(C5CCOCC5)cn4)cn3)nc21. The Balaban J connectivity index is 1.35. The summed E-state index contributed by atoms with van der Waals surface area (Å²) in [7, 11) is 0. The van der Waals surface area contributed by atoms with Crippen molar-refractivity contribution in [3.8, 4) is 11.3 Å². The van der Waals surface area contributed by atoms with Gasteiger partial charge in [0.2, 0.25) is 0 Å². The standard InChI is InChI=1S/C24H27N7O/c1-15(2)31-24-18(13-28-31)4-6-22(30-24)29-23-11-20(25)19(14-27-23)21-5-3-17(12-26-21)16-7-9-32-10-8-16/h3-6,11-16H,7-10H2,1-2H3,(H3,25,27,29,30). The van der Waals surface area contributed by atoms with Crippen molar-refractivity contribution < 1.29 is 4.74 Å². The number of hydrogen-bond donors (Lipinski definition) is 2. The highest BCUT2D eigenvalue weighted by molar-refractivity contribution is 5.79. The highest BCUT2D eigenvalue weighted by Crippen LogP contribution is 2.30. The normalized spacial score (nSPS) is 14.8. The van der Waals surface area contributed by atoms with Crippen LogP contribution >= 0.6 is 0 Å². The molecule has 0 amide bonds. The highest BCUT2D eigenvalue weighted by Gasteiger charge is 2.17. The molecule has 5 rings (SSSR count). The highest BCUT2D eigenvalue weighted by atomic mass is 16.5. The molecule has 0 unspecified atom stereocenters. The first-order chi connectivity index (χ1) is 15.6. The van der Waals surface area contributed by atoms with Gasteiger partial charge in [-0.2, -0.15) is 5.10 Å². The van der Waals surface area contributed by atoms with Crippen LogP contribution in [0.1, 0.15) is 44.2 Å². The summed E-state index contributed by atoms with van der Waals surface area (Å²) in [5.41, 5.74) is 10.7. The van der Waals surface area contributed by atoms with Crippen molar-refractivity contribution in [2.24, 2.45) is 0 Å². The molecule has 164 valence electrons. The predicted octanol–water partition coefficient (Wildman–Crippen LogP) is 4.69. The minimum atomic E-state index is 0.230. The lowest BCUT2D eigenvalue weighted by Gasteiger charge is -2.22. The molecule has 0 aromatic carbocycles. The van der Waals surface area contributed by atoms with Crippen molar-refractivity contribution in [1.29, 1.82) is 0 Å². The number of nitrogens with zero attached hydrogens (tertiary/aromatic N) is 5. The molecule has 5 heterocycles. The lowest BCUT2D eigenvalue weighted by Crippen LogP contribution is -2.14. The fourth-order valence-electron chi connectivity index (χ4n) is 4.09. The van der Waals surface area contributed by atoms with Crippen LogP contribution < -0.4 is 11.1 Å². The van der Waals surface area contributed by atoms with Gasteiger partial charge in [-0.1, -0.05) is 6.07 Å². The van der Waals surface area contributed by atoms with Crippen LogP contribution in [-0.4, -0.2) is 37.9 Å².